The monoisotopic (exact) mass is 279 g/mol. The Morgan fingerprint density at radius 3 is 3.21 bits per heavy atom. The Bertz CT molecular complexity index is 607. The van der Waals surface area contributed by atoms with E-state index in [9.17, 15) is 10.1 Å². The van der Waals surface area contributed by atoms with Gasteiger partial charge in [0.1, 0.15) is 0 Å². The number of nitrogens with zero attached hydrogens (tertiary/aromatic N) is 2. The molecule has 1 atom stereocenters. The van der Waals surface area contributed by atoms with Crippen molar-refractivity contribution in [2.24, 2.45) is 5.92 Å². The molecule has 0 aliphatic carbocycles. The maximum Gasteiger partial charge on any atom is 0.298 e. The van der Waals surface area contributed by atoms with Crippen LogP contribution < -0.4 is 5.32 Å². The first-order valence-electron chi connectivity index (χ1n) is 6.09. The van der Waals surface area contributed by atoms with Gasteiger partial charge < -0.3 is 9.73 Å². The van der Waals surface area contributed by atoms with Crippen LogP contribution in [0.5, 0.6) is 0 Å². The summed E-state index contributed by atoms with van der Waals surface area (Å²) in [6.45, 7) is 0.799. The largest absolute Gasteiger partial charge is 0.423 e. The first-order chi connectivity index (χ1) is 9.24. The number of nitro groups is 1. The van der Waals surface area contributed by atoms with Crippen molar-refractivity contribution in [1.29, 1.82) is 0 Å². The predicted octanol–water partition coefficient (Wildman–Crippen LogP) is 2.90. The number of para-hydroxylation sites is 1. The molecule has 1 aromatic carbocycles. The fourth-order valence-electron chi connectivity index (χ4n) is 2.13. The van der Waals surface area contributed by atoms with Gasteiger partial charge in [-0.25, -0.2) is 0 Å². The zero-order chi connectivity index (χ0) is 13.2. The second-order valence-electron chi connectivity index (χ2n) is 4.51. The molecule has 2 heterocycles. The Labute approximate surface area is 113 Å². The smallest absolute Gasteiger partial charge is 0.298 e. The molecule has 0 bridgehead atoms. The zero-order valence-corrected chi connectivity index (χ0v) is 11.0. The van der Waals surface area contributed by atoms with Crippen molar-refractivity contribution in [3.05, 3.63) is 28.3 Å². The van der Waals surface area contributed by atoms with Gasteiger partial charge in [-0.1, -0.05) is 6.07 Å². The average Bonchev–Trinajstić information content (AvgIpc) is 3.04. The zero-order valence-electron chi connectivity index (χ0n) is 10.2. The van der Waals surface area contributed by atoms with Crippen molar-refractivity contribution in [2.75, 3.05) is 23.4 Å². The van der Waals surface area contributed by atoms with Crippen molar-refractivity contribution in [3.63, 3.8) is 0 Å². The van der Waals surface area contributed by atoms with E-state index in [0.29, 0.717) is 23.0 Å². The van der Waals surface area contributed by atoms with Gasteiger partial charge in [0.25, 0.3) is 11.7 Å². The van der Waals surface area contributed by atoms with E-state index in [0.717, 1.165) is 12.3 Å². The van der Waals surface area contributed by atoms with Crippen LogP contribution in [0.15, 0.2) is 22.6 Å². The number of fused-ring (bicyclic) bond motifs is 1. The highest BCUT2D eigenvalue weighted by Gasteiger charge is 2.19. The number of non-ortho nitro benzene ring substituents is 1. The predicted molar refractivity (Wildman–Crippen MR) is 74.6 cm³/mol. The van der Waals surface area contributed by atoms with E-state index in [1.165, 1.54) is 18.2 Å². The first kappa shape index (κ1) is 12.3. The summed E-state index contributed by atoms with van der Waals surface area (Å²) in [5.74, 6) is 2.97. The molecule has 3 rings (SSSR count). The second-order valence-corrected chi connectivity index (χ2v) is 5.66. The van der Waals surface area contributed by atoms with Gasteiger partial charge >= 0.3 is 0 Å². The van der Waals surface area contributed by atoms with Gasteiger partial charge in [0.15, 0.2) is 11.1 Å². The lowest BCUT2D eigenvalue weighted by atomic mass is 10.1. The molecule has 7 heteroatoms. The molecular weight excluding hydrogens is 266 g/mol. The standard InChI is InChI=1S/C12H13N3O3S/c16-15(17)9-2-1-3-10-11(9)14-12(18-10)13-6-8-4-5-19-7-8/h1-3,8H,4-7H2,(H,13,14). The Kier molecular flexibility index (Phi) is 3.29. The van der Waals surface area contributed by atoms with Crippen LogP contribution >= 0.6 is 11.8 Å². The van der Waals surface area contributed by atoms with Crippen LogP contribution in [0.25, 0.3) is 11.1 Å². The lowest BCUT2D eigenvalue weighted by Gasteiger charge is -2.06. The third-order valence-corrected chi connectivity index (χ3v) is 4.39. The van der Waals surface area contributed by atoms with E-state index in [4.69, 9.17) is 4.42 Å². The number of nitro benzene ring substituents is 1. The third kappa shape index (κ3) is 2.51. The number of hydrogen-bond acceptors (Lipinski definition) is 6. The summed E-state index contributed by atoms with van der Waals surface area (Å²) in [7, 11) is 0. The molecule has 1 aliphatic heterocycles. The molecule has 1 N–H and O–H groups in total. The molecule has 2 aromatic rings. The number of hydrogen-bond donors (Lipinski definition) is 1. The van der Waals surface area contributed by atoms with E-state index in [2.05, 4.69) is 10.3 Å². The molecule has 1 unspecified atom stereocenters. The topological polar surface area (TPSA) is 81.2 Å². The van der Waals surface area contributed by atoms with Crippen molar-refractivity contribution < 1.29 is 9.34 Å². The van der Waals surface area contributed by atoms with E-state index >= 15 is 0 Å². The van der Waals surface area contributed by atoms with Gasteiger partial charge in [0.05, 0.1) is 4.92 Å². The molecule has 1 aliphatic rings. The number of nitrogens with one attached hydrogen (secondary N) is 1. The number of oxazole rings is 1. The minimum atomic E-state index is -0.442. The molecule has 0 amide bonds. The number of thioether (sulfide) groups is 1. The SMILES string of the molecule is O=[N+]([O-])c1cccc2oc(NCC3CCSC3)nc12. The van der Waals surface area contributed by atoms with Crippen molar-refractivity contribution in [3.8, 4) is 0 Å². The maximum atomic E-state index is 10.9. The van der Waals surface area contributed by atoms with E-state index in [-0.39, 0.29) is 5.69 Å². The average molecular weight is 279 g/mol. The number of rotatable bonds is 4. The Morgan fingerprint density at radius 1 is 1.58 bits per heavy atom. The van der Waals surface area contributed by atoms with Gasteiger partial charge in [-0.2, -0.15) is 16.7 Å². The van der Waals surface area contributed by atoms with Crippen molar-refractivity contribution in [1.82, 2.24) is 4.98 Å². The van der Waals surface area contributed by atoms with Gasteiger partial charge in [0.2, 0.25) is 0 Å². The van der Waals surface area contributed by atoms with Gasteiger partial charge in [-0.3, -0.25) is 10.1 Å². The minimum Gasteiger partial charge on any atom is -0.423 e. The molecule has 1 aromatic heterocycles. The fourth-order valence-corrected chi connectivity index (χ4v) is 3.42. The second kappa shape index (κ2) is 5.08. The molecule has 100 valence electrons. The van der Waals surface area contributed by atoms with Crippen LogP contribution in [-0.4, -0.2) is 28.0 Å². The van der Waals surface area contributed by atoms with Crippen LogP contribution in [-0.2, 0) is 0 Å². The summed E-state index contributed by atoms with van der Waals surface area (Å²) in [5, 5.41) is 14.0. The maximum absolute atomic E-state index is 10.9. The molecule has 0 spiro atoms. The Hall–Kier alpha value is -1.76. The van der Waals surface area contributed by atoms with E-state index in [1.54, 1.807) is 12.1 Å². The highest BCUT2D eigenvalue weighted by Crippen LogP contribution is 2.28. The number of benzene rings is 1. The normalized spacial score (nSPS) is 18.8. The minimum absolute atomic E-state index is 0.0225. The summed E-state index contributed by atoms with van der Waals surface area (Å²) in [6, 6.07) is 5.08. The molecule has 6 nitrogen and oxygen atoms in total. The molecule has 0 saturated carbocycles. The summed E-state index contributed by atoms with van der Waals surface area (Å²) in [4.78, 5) is 14.6. The molecule has 19 heavy (non-hydrogen) atoms. The van der Waals surface area contributed by atoms with Crippen LogP contribution in [0.4, 0.5) is 11.7 Å². The highest BCUT2D eigenvalue weighted by molar-refractivity contribution is 7.99. The quantitative estimate of drug-likeness (QED) is 0.684. The van der Waals surface area contributed by atoms with Crippen LogP contribution in [0, 0.1) is 16.0 Å². The van der Waals surface area contributed by atoms with Crippen LogP contribution in [0.1, 0.15) is 6.42 Å². The van der Waals surface area contributed by atoms with Crippen LogP contribution in [0.2, 0.25) is 0 Å². The lowest BCUT2D eigenvalue weighted by molar-refractivity contribution is -0.383. The Balaban J connectivity index is 1.80. The van der Waals surface area contributed by atoms with Crippen molar-refractivity contribution >= 4 is 34.6 Å². The van der Waals surface area contributed by atoms with E-state index in [1.807, 2.05) is 11.8 Å². The van der Waals surface area contributed by atoms with Gasteiger partial charge in [0, 0.05) is 12.6 Å². The first-order valence-corrected chi connectivity index (χ1v) is 7.25. The number of aromatic nitrogens is 1. The van der Waals surface area contributed by atoms with Crippen molar-refractivity contribution in [2.45, 2.75) is 6.42 Å². The summed E-state index contributed by atoms with van der Waals surface area (Å²) < 4.78 is 5.49. The third-order valence-electron chi connectivity index (χ3n) is 3.16. The molecule has 1 fully saturated rings. The molecule has 0 radical (unpaired) electrons. The highest BCUT2D eigenvalue weighted by atomic mass is 32.2. The summed E-state index contributed by atoms with van der Waals surface area (Å²) >= 11 is 1.95. The van der Waals surface area contributed by atoms with E-state index < -0.39 is 4.92 Å². The van der Waals surface area contributed by atoms with Crippen LogP contribution in [0.3, 0.4) is 0 Å². The molecule has 1 saturated heterocycles. The summed E-state index contributed by atoms with van der Waals surface area (Å²) in [5.41, 5.74) is 0.721. The molecular formula is C12H13N3O3S. The Morgan fingerprint density at radius 2 is 2.47 bits per heavy atom. The summed E-state index contributed by atoms with van der Waals surface area (Å²) in [6.07, 6.45) is 1.19. The number of anilines is 1. The lowest BCUT2D eigenvalue weighted by Crippen LogP contribution is -2.13. The fraction of sp³-hybridized carbons (Fsp3) is 0.417. The van der Waals surface area contributed by atoms with Gasteiger partial charge in [-0.05, 0) is 29.9 Å². The van der Waals surface area contributed by atoms with Gasteiger partial charge in [-0.15, -0.1) is 0 Å².